The van der Waals surface area contributed by atoms with Crippen LogP contribution in [-0.2, 0) is 11.3 Å². The summed E-state index contributed by atoms with van der Waals surface area (Å²) in [5, 5.41) is 21.4. The molecular formula is C23H26N6O2S2. The highest BCUT2D eigenvalue weighted by Gasteiger charge is 2.23. The third-order valence-electron chi connectivity index (χ3n) is 5.44. The van der Waals surface area contributed by atoms with Gasteiger partial charge in [-0.25, -0.2) is 0 Å². The molecule has 1 N–H and O–H groups in total. The molecule has 0 bridgehead atoms. The van der Waals surface area contributed by atoms with E-state index in [1.165, 1.54) is 23.5 Å². The maximum Gasteiger partial charge on any atom is 0.234 e. The number of anilines is 2. The van der Waals surface area contributed by atoms with Crippen molar-refractivity contribution in [1.82, 2.24) is 14.8 Å². The minimum Gasteiger partial charge on any atom is -0.467 e. The van der Waals surface area contributed by atoms with Crippen molar-refractivity contribution in [3.05, 3.63) is 48.4 Å². The van der Waals surface area contributed by atoms with Crippen LogP contribution in [0.15, 0.2) is 57.1 Å². The molecule has 1 aliphatic heterocycles. The van der Waals surface area contributed by atoms with E-state index in [1.807, 2.05) is 41.0 Å². The molecule has 0 atom stereocenters. The maximum atomic E-state index is 12.7. The number of para-hydroxylation sites is 1. The van der Waals surface area contributed by atoms with Gasteiger partial charge in [0.25, 0.3) is 0 Å². The number of aromatic nitrogens is 3. The Balaban J connectivity index is 1.45. The second-order valence-electron chi connectivity index (χ2n) is 7.90. The molecule has 10 heteroatoms. The summed E-state index contributed by atoms with van der Waals surface area (Å²) >= 11 is 2.76. The predicted octanol–water partition coefficient (Wildman–Crippen LogP) is 4.50. The van der Waals surface area contributed by atoms with Gasteiger partial charge in [0.15, 0.2) is 5.16 Å². The summed E-state index contributed by atoms with van der Waals surface area (Å²) in [6, 6.07) is 13.4. The van der Waals surface area contributed by atoms with Gasteiger partial charge >= 0.3 is 0 Å². The highest BCUT2D eigenvalue weighted by Crippen LogP contribution is 2.29. The van der Waals surface area contributed by atoms with E-state index in [1.54, 1.807) is 6.26 Å². The van der Waals surface area contributed by atoms with E-state index < -0.39 is 0 Å². The molecule has 4 rings (SSSR count). The molecular weight excluding hydrogens is 456 g/mol. The van der Waals surface area contributed by atoms with Crippen molar-refractivity contribution in [1.29, 1.82) is 5.26 Å². The zero-order valence-corrected chi connectivity index (χ0v) is 20.1. The van der Waals surface area contributed by atoms with E-state index >= 15 is 0 Å². The van der Waals surface area contributed by atoms with Crippen molar-refractivity contribution in [2.24, 2.45) is 5.92 Å². The van der Waals surface area contributed by atoms with E-state index in [4.69, 9.17) is 9.68 Å². The lowest BCUT2D eigenvalue weighted by Crippen LogP contribution is -2.35. The average molecular weight is 483 g/mol. The van der Waals surface area contributed by atoms with E-state index in [2.05, 4.69) is 33.4 Å². The lowest BCUT2D eigenvalue weighted by atomic mass is 10.00. The molecule has 0 unspecified atom stereocenters. The summed E-state index contributed by atoms with van der Waals surface area (Å²) in [5.74, 6) is 2.75. The number of furan rings is 1. The van der Waals surface area contributed by atoms with Gasteiger partial charge in [0.1, 0.15) is 5.76 Å². The molecule has 172 valence electrons. The monoisotopic (exact) mass is 482 g/mol. The Bertz CT molecular complexity index is 1100. The normalized spacial score (nSPS) is 14.2. The van der Waals surface area contributed by atoms with E-state index in [-0.39, 0.29) is 11.7 Å². The molecule has 1 amide bonds. The minimum atomic E-state index is -0.133. The minimum absolute atomic E-state index is 0.133. The molecule has 0 radical (unpaired) electrons. The molecule has 3 aromatic rings. The summed E-state index contributed by atoms with van der Waals surface area (Å²) in [6.45, 7) is 4.68. The number of carbonyl (C=O) groups is 1. The molecule has 8 nitrogen and oxygen atoms in total. The lowest BCUT2D eigenvalue weighted by Gasteiger charge is -2.31. The van der Waals surface area contributed by atoms with Gasteiger partial charge < -0.3 is 14.6 Å². The first-order chi connectivity index (χ1) is 16.1. The number of nitriles is 1. The quantitative estimate of drug-likeness (QED) is 0.445. The number of nitrogens with zero attached hydrogens (tertiary/aromatic N) is 5. The van der Waals surface area contributed by atoms with Crippen LogP contribution in [0.1, 0.15) is 25.5 Å². The molecule has 0 spiro atoms. The second kappa shape index (κ2) is 11.3. The van der Waals surface area contributed by atoms with E-state index in [9.17, 15) is 4.79 Å². The van der Waals surface area contributed by atoms with Gasteiger partial charge in [-0.3, -0.25) is 9.36 Å². The molecule has 1 fully saturated rings. The Morgan fingerprint density at radius 1 is 1.21 bits per heavy atom. The predicted molar refractivity (Wildman–Crippen MR) is 131 cm³/mol. The zero-order valence-electron chi connectivity index (χ0n) is 18.4. The summed E-state index contributed by atoms with van der Waals surface area (Å²) in [7, 11) is 0. The fourth-order valence-electron chi connectivity index (χ4n) is 3.65. The van der Waals surface area contributed by atoms with Crippen LogP contribution < -0.4 is 10.2 Å². The van der Waals surface area contributed by atoms with Crippen LogP contribution in [0.3, 0.4) is 0 Å². The average Bonchev–Trinajstić information content (AvgIpc) is 3.48. The molecule has 0 saturated carbocycles. The first-order valence-corrected chi connectivity index (χ1v) is 12.8. The number of nitrogens with one attached hydrogen (secondary N) is 1. The van der Waals surface area contributed by atoms with Crippen LogP contribution in [-0.4, -0.2) is 45.3 Å². The fourth-order valence-corrected chi connectivity index (χ4v) is 5.05. The van der Waals surface area contributed by atoms with Crippen LogP contribution in [0.5, 0.6) is 0 Å². The fraction of sp³-hybridized carbons (Fsp3) is 0.391. The largest absolute Gasteiger partial charge is 0.467 e. The highest BCUT2D eigenvalue weighted by molar-refractivity contribution is 8.00. The summed E-state index contributed by atoms with van der Waals surface area (Å²) in [6.07, 6.45) is 3.91. The number of piperidine rings is 1. The van der Waals surface area contributed by atoms with Crippen LogP contribution in [0.4, 0.5) is 11.6 Å². The third kappa shape index (κ3) is 6.12. The number of carbonyl (C=O) groups excluding carboxylic acids is 1. The van der Waals surface area contributed by atoms with Crippen LogP contribution in [0, 0.1) is 17.2 Å². The van der Waals surface area contributed by atoms with E-state index in [0.717, 1.165) is 48.5 Å². The first-order valence-electron chi connectivity index (χ1n) is 10.9. The van der Waals surface area contributed by atoms with Crippen molar-refractivity contribution >= 4 is 41.1 Å². The first kappa shape index (κ1) is 23.3. The summed E-state index contributed by atoms with van der Waals surface area (Å²) in [5.41, 5.74) is 0.712. The Hall–Kier alpha value is -2.90. The van der Waals surface area contributed by atoms with Gasteiger partial charge in [-0.05, 0) is 43.0 Å². The smallest absolute Gasteiger partial charge is 0.234 e. The molecule has 1 saturated heterocycles. The van der Waals surface area contributed by atoms with Crippen molar-refractivity contribution in [3.63, 3.8) is 0 Å². The second-order valence-corrected chi connectivity index (χ2v) is 9.86. The summed E-state index contributed by atoms with van der Waals surface area (Å²) < 4.78 is 7.59. The molecule has 1 aromatic carbocycles. The molecule has 2 aromatic heterocycles. The van der Waals surface area contributed by atoms with Crippen molar-refractivity contribution in [2.75, 3.05) is 34.8 Å². The number of hydrogen-bond acceptors (Lipinski definition) is 8. The van der Waals surface area contributed by atoms with Crippen LogP contribution >= 0.6 is 23.5 Å². The SMILES string of the molecule is CC1CCN(c2nnc(SCC(=O)Nc3ccccc3SCC#N)n2Cc2ccco2)CC1. The van der Waals surface area contributed by atoms with Crippen LogP contribution in [0.25, 0.3) is 0 Å². The Morgan fingerprint density at radius 3 is 2.79 bits per heavy atom. The van der Waals surface area contributed by atoms with E-state index in [0.29, 0.717) is 23.1 Å². The zero-order chi connectivity index (χ0) is 23.0. The molecule has 33 heavy (non-hydrogen) atoms. The number of hydrogen-bond donors (Lipinski definition) is 1. The standard InChI is InChI=1S/C23H26N6O2S2/c1-17-8-11-28(12-9-17)22-26-27-23(29(22)15-18-5-4-13-31-18)33-16-21(30)25-19-6-2-3-7-20(19)32-14-10-24/h2-7,13,17H,8-9,11-12,14-16H2,1H3,(H,25,30). The van der Waals surface area contributed by atoms with Gasteiger partial charge in [-0.2, -0.15) is 5.26 Å². The van der Waals surface area contributed by atoms with Gasteiger partial charge in [0.05, 0.1) is 36.1 Å². The third-order valence-corrected chi connectivity index (χ3v) is 7.35. The Kier molecular flexibility index (Phi) is 7.96. The number of benzene rings is 1. The number of rotatable bonds is 9. The Morgan fingerprint density at radius 2 is 2.03 bits per heavy atom. The van der Waals surface area contributed by atoms with Crippen molar-refractivity contribution in [3.8, 4) is 6.07 Å². The lowest BCUT2D eigenvalue weighted by molar-refractivity contribution is -0.113. The number of thioether (sulfide) groups is 2. The van der Waals surface area contributed by atoms with Crippen molar-refractivity contribution in [2.45, 2.75) is 36.4 Å². The molecule has 1 aliphatic rings. The topological polar surface area (TPSA) is 100.0 Å². The Labute approximate surface area is 201 Å². The van der Waals surface area contributed by atoms with Crippen molar-refractivity contribution < 1.29 is 9.21 Å². The van der Waals surface area contributed by atoms with Gasteiger partial charge in [0.2, 0.25) is 11.9 Å². The molecule has 0 aliphatic carbocycles. The van der Waals surface area contributed by atoms with Gasteiger partial charge in [0, 0.05) is 18.0 Å². The number of amides is 1. The summed E-state index contributed by atoms with van der Waals surface area (Å²) in [4.78, 5) is 15.8. The highest BCUT2D eigenvalue weighted by atomic mass is 32.2. The molecule has 3 heterocycles. The van der Waals surface area contributed by atoms with Gasteiger partial charge in [-0.15, -0.1) is 22.0 Å². The maximum absolute atomic E-state index is 12.7. The van der Waals surface area contributed by atoms with Crippen LogP contribution in [0.2, 0.25) is 0 Å². The van der Waals surface area contributed by atoms with Gasteiger partial charge in [-0.1, -0.05) is 30.8 Å².